The molecule has 0 amide bonds. The van der Waals surface area contributed by atoms with Crippen LogP contribution in [0.3, 0.4) is 0 Å². The van der Waals surface area contributed by atoms with Gasteiger partial charge >= 0.3 is 0 Å². The van der Waals surface area contributed by atoms with E-state index >= 15 is 0 Å². The lowest BCUT2D eigenvalue weighted by molar-refractivity contribution is 0.0835. The van der Waals surface area contributed by atoms with E-state index in [0.717, 1.165) is 18.1 Å². The first-order valence-corrected chi connectivity index (χ1v) is 10.1. The Labute approximate surface area is 144 Å². The molecule has 0 radical (unpaired) electrons. The first-order valence-electron chi connectivity index (χ1n) is 8.72. The topological polar surface area (TPSA) is 67.7 Å². The Bertz CT molecular complexity index is 665. The molecule has 1 aliphatic carbocycles. The maximum atomic E-state index is 12.4. The second-order valence-corrected chi connectivity index (χ2v) is 9.10. The fourth-order valence-electron chi connectivity index (χ4n) is 3.69. The third kappa shape index (κ3) is 3.37. The Kier molecular flexibility index (Phi) is 5.29. The van der Waals surface area contributed by atoms with Gasteiger partial charge in [0.15, 0.2) is 0 Å². The molecule has 7 nitrogen and oxygen atoms in total. The Morgan fingerprint density at radius 2 is 2.00 bits per heavy atom. The maximum absolute atomic E-state index is 12.4. The van der Waals surface area contributed by atoms with Crippen molar-refractivity contribution in [2.24, 2.45) is 5.92 Å². The number of fused-ring (bicyclic) bond motifs is 1. The molecule has 1 saturated carbocycles. The van der Waals surface area contributed by atoms with Crippen molar-refractivity contribution in [2.75, 3.05) is 27.2 Å². The van der Waals surface area contributed by atoms with Crippen molar-refractivity contribution >= 4 is 10.2 Å². The number of nitrogens with zero attached hydrogens (tertiary/aromatic N) is 4. The van der Waals surface area contributed by atoms with Crippen LogP contribution in [-0.4, -0.2) is 53.8 Å². The van der Waals surface area contributed by atoms with E-state index in [2.05, 4.69) is 9.55 Å². The molecular formula is C16H28N4O3S. The molecule has 1 aromatic heterocycles. The molecule has 2 aliphatic rings. The lowest BCUT2D eigenvalue weighted by atomic mass is 10.1. The first-order chi connectivity index (χ1) is 11.4. The molecule has 1 fully saturated rings. The van der Waals surface area contributed by atoms with Crippen molar-refractivity contribution in [3.63, 3.8) is 0 Å². The molecule has 0 saturated heterocycles. The summed E-state index contributed by atoms with van der Waals surface area (Å²) in [5, 5.41) is 0. The number of ether oxygens (including phenoxy) is 1. The molecule has 0 aromatic carbocycles. The Morgan fingerprint density at radius 3 is 2.67 bits per heavy atom. The van der Waals surface area contributed by atoms with E-state index in [0.29, 0.717) is 25.6 Å². The van der Waals surface area contributed by atoms with Gasteiger partial charge in [0.2, 0.25) is 0 Å². The zero-order chi connectivity index (χ0) is 17.3. The van der Waals surface area contributed by atoms with E-state index < -0.39 is 10.2 Å². The van der Waals surface area contributed by atoms with Crippen LogP contribution in [0.4, 0.5) is 0 Å². The summed E-state index contributed by atoms with van der Waals surface area (Å²) in [6.07, 6.45) is 7.03. The van der Waals surface area contributed by atoms with Gasteiger partial charge in [0.25, 0.3) is 10.2 Å². The fourth-order valence-corrected chi connectivity index (χ4v) is 4.91. The molecule has 136 valence electrons. The monoisotopic (exact) mass is 356 g/mol. The summed E-state index contributed by atoms with van der Waals surface area (Å²) in [6.45, 7) is 4.34. The lowest BCUT2D eigenvalue weighted by Gasteiger charge is -2.34. The van der Waals surface area contributed by atoms with Gasteiger partial charge in [-0.1, -0.05) is 12.8 Å². The minimum absolute atomic E-state index is 0.269. The third-order valence-corrected chi connectivity index (χ3v) is 7.17. The summed E-state index contributed by atoms with van der Waals surface area (Å²) in [7, 11) is -0.307. The summed E-state index contributed by atoms with van der Waals surface area (Å²) >= 11 is 0. The van der Waals surface area contributed by atoms with E-state index in [1.54, 1.807) is 14.1 Å². The quantitative estimate of drug-likeness (QED) is 0.779. The molecule has 1 atom stereocenters. The van der Waals surface area contributed by atoms with Gasteiger partial charge in [-0.25, -0.2) is 4.98 Å². The van der Waals surface area contributed by atoms with Crippen molar-refractivity contribution in [2.45, 2.75) is 51.8 Å². The van der Waals surface area contributed by atoms with Crippen molar-refractivity contribution < 1.29 is 13.2 Å². The van der Waals surface area contributed by atoms with E-state index in [9.17, 15) is 8.42 Å². The molecule has 8 heteroatoms. The van der Waals surface area contributed by atoms with Gasteiger partial charge in [-0.2, -0.15) is 17.0 Å². The molecule has 1 aromatic rings. The van der Waals surface area contributed by atoms with Crippen molar-refractivity contribution in [1.82, 2.24) is 18.2 Å². The predicted octanol–water partition coefficient (Wildman–Crippen LogP) is 1.77. The second-order valence-electron chi connectivity index (χ2n) is 7.00. The SMILES string of the molecule is CC1c2ncc(COCC3CCCC3)n2CCN1S(=O)(=O)N(C)C. The highest BCUT2D eigenvalue weighted by Crippen LogP contribution is 2.29. The van der Waals surface area contributed by atoms with Crippen LogP contribution in [0.15, 0.2) is 6.20 Å². The van der Waals surface area contributed by atoms with E-state index in [4.69, 9.17) is 4.74 Å². The summed E-state index contributed by atoms with van der Waals surface area (Å²) in [4.78, 5) is 4.47. The third-order valence-electron chi connectivity index (χ3n) is 5.15. The van der Waals surface area contributed by atoms with E-state index in [1.165, 1.54) is 34.3 Å². The maximum Gasteiger partial charge on any atom is 0.282 e. The zero-order valence-electron chi connectivity index (χ0n) is 14.8. The predicted molar refractivity (Wildman–Crippen MR) is 91.6 cm³/mol. The normalized spacial score (nSPS) is 23.1. The van der Waals surface area contributed by atoms with Crippen molar-refractivity contribution in [1.29, 1.82) is 0 Å². The highest BCUT2D eigenvalue weighted by molar-refractivity contribution is 7.86. The summed E-state index contributed by atoms with van der Waals surface area (Å²) in [5.41, 5.74) is 1.04. The van der Waals surface area contributed by atoms with Crippen LogP contribution in [0.1, 0.15) is 50.2 Å². The molecule has 24 heavy (non-hydrogen) atoms. The summed E-state index contributed by atoms with van der Waals surface area (Å²) < 4.78 is 35.6. The highest BCUT2D eigenvalue weighted by atomic mass is 32.2. The largest absolute Gasteiger partial charge is 0.375 e. The van der Waals surface area contributed by atoms with Gasteiger partial charge in [-0.05, 0) is 25.7 Å². The zero-order valence-corrected chi connectivity index (χ0v) is 15.6. The van der Waals surface area contributed by atoms with Crippen molar-refractivity contribution in [3.05, 3.63) is 17.7 Å². The molecule has 1 aliphatic heterocycles. The second kappa shape index (κ2) is 7.11. The van der Waals surface area contributed by atoms with Crippen LogP contribution >= 0.6 is 0 Å². The van der Waals surface area contributed by atoms with Crippen LogP contribution in [0.25, 0.3) is 0 Å². The van der Waals surface area contributed by atoms with Crippen molar-refractivity contribution in [3.8, 4) is 0 Å². The summed E-state index contributed by atoms with van der Waals surface area (Å²) in [6, 6.07) is -0.269. The van der Waals surface area contributed by atoms with E-state index in [-0.39, 0.29) is 6.04 Å². The Morgan fingerprint density at radius 1 is 1.29 bits per heavy atom. The standard InChI is InChI=1S/C16H28N4O3S/c1-13-16-17-10-15(12-23-11-14-6-4-5-7-14)19(16)8-9-20(13)24(21,22)18(2)3/h10,13-14H,4-9,11-12H2,1-3H3. The van der Waals surface area contributed by atoms with Crippen LogP contribution < -0.4 is 0 Å². The molecule has 0 bridgehead atoms. The van der Waals surface area contributed by atoms with Gasteiger partial charge in [-0.15, -0.1) is 0 Å². The molecule has 2 heterocycles. The van der Waals surface area contributed by atoms with Crippen LogP contribution in [0.5, 0.6) is 0 Å². The van der Waals surface area contributed by atoms with Crippen LogP contribution in [0, 0.1) is 5.92 Å². The highest BCUT2D eigenvalue weighted by Gasteiger charge is 2.36. The number of hydrogen-bond donors (Lipinski definition) is 0. The average molecular weight is 356 g/mol. The number of aromatic nitrogens is 2. The molecular weight excluding hydrogens is 328 g/mol. The lowest BCUT2D eigenvalue weighted by Crippen LogP contribution is -2.46. The van der Waals surface area contributed by atoms with Gasteiger partial charge in [0.05, 0.1) is 24.5 Å². The van der Waals surface area contributed by atoms with Crippen LogP contribution in [-0.2, 0) is 28.1 Å². The van der Waals surface area contributed by atoms with Gasteiger partial charge in [-0.3, -0.25) is 0 Å². The fraction of sp³-hybridized carbons (Fsp3) is 0.812. The van der Waals surface area contributed by atoms with E-state index in [1.807, 2.05) is 13.1 Å². The first kappa shape index (κ1) is 17.8. The molecule has 0 N–H and O–H groups in total. The smallest absolute Gasteiger partial charge is 0.282 e. The molecule has 0 spiro atoms. The number of rotatable bonds is 6. The van der Waals surface area contributed by atoms with Crippen LogP contribution in [0.2, 0.25) is 0 Å². The molecule has 1 unspecified atom stereocenters. The summed E-state index contributed by atoms with van der Waals surface area (Å²) in [5.74, 6) is 1.50. The Hall–Kier alpha value is -0.960. The van der Waals surface area contributed by atoms with Gasteiger partial charge < -0.3 is 9.30 Å². The van der Waals surface area contributed by atoms with Gasteiger partial charge in [0, 0.05) is 33.8 Å². The molecule has 3 rings (SSSR count). The average Bonchev–Trinajstić information content (AvgIpc) is 3.17. The number of imidazole rings is 1. The van der Waals surface area contributed by atoms with Gasteiger partial charge in [0.1, 0.15) is 5.82 Å². The minimum Gasteiger partial charge on any atom is -0.375 e. The number of hydrogen-bond acceptors (Lipinski definition) is 4. The Balaban J connectivity index is 1.66. The minimum atomic E-state index is -3.43.